The van der Waals surface area contributed by atoms with Crippen molar-refractivity contribution in [3.63, 3.8) is 0 Å². The van der Waals surface area contributed by atoms with Crippen molar-refractivity contribution in [2.75, 3.05) is 6.67 Å². The fourth-order valence-corrected chi connectivity index (χ4v) is 4.92. The lowest BCUT2D eigenvalue weighted by Gasteiger charge is -2.34. The van der Waals surface area contributed by atoms with E-state index in [-0.39, 0.29) is 25.2 Å². The molecule has 1 saturated heterocycles. The highest BCUT2D eigenvalue weighted by atomic mass is 19.1. The summed E-state index contributed by atoms with van der Waals surface area (Å²) in [5.74, 6) is -4.87. The van der Waals surface area contributed by atoms with Crippen molar-refractivity contribution < 1.29 is 33.1 Å². The summed E-state index contributed by atoms with van der Waals surface area (Å²) in [5, 5.41) is 8.72. The topological polar surface area (TPSA) is 116 Å². The molecule has 3 aromatic rings. The molecule has 0 aliphatic carbocycles. The third kappa shape index (κ3) is 4.94. The van der Waals surface area contributed by atoms with Crippen molar-refractivity contribution in [1.82, 2.24) is 10.3 Å². The number of nitrogens with one attached hydrogen (secondary N) is 1. The molecule has 0 saturated carbocycles. The molecule has 2 aliphatic heterocycles. The van der Waals surface area contributed by atoms with E-state index in [1.54, 1.807) is 50.4 Å². The summed E-state index contributed by atoms with van der Waals surface area (Å²) in [6, 6.07) is 17.0. The number of ether oxygens (including phenoxy) is 2. The van der Waals surface area contributed by atoms with Gasteiger partial charge in [-0.15, -0.1) is 0 Å². The van der Waals surface area contributed by atoms with Crippen LogP contribution in [0.3, 0.4) is 0 Å². The van der Waals surface area contributed by atoms with E-state index < -0.39 is 42.0 Å². The predicted octanol–water partition coefficient (Wildman–Crippen LogP) is 3.64. The predicted molar refractivity (Wildman–Crippen MR) is 139 cm³/mol. The van der Waals surface area contributed by atoms with Crippen LogP contribution in [0.1, 0.15) is 37.9 Å². The normalized spacial score (nSPS) is 24.3. The standard InChI is InChI=1S/C29H28FN3O6/c1-18(2)28(16-22(33-39-28)26-21-11-7-6-10-20(21)12-13-31-26)27(36)32-23-15-25(35)38-29(23,17-30)37-24(34)14-19-8-4-3-5-9-19/h3-13,18,23H,14-17H2,1-2H3,(H,32,36)/t23-,28+,29+/m0/s1. The Morgan fingerprint density at radius 3 is 2.62 bits per heavy atom. The number of hydrogen-bond acceptors (Lipinski definition) is 8. The molecule has 2 aromatic carbocycles. The average molecular weight is 534 g/mol. The highest BCUT2D eigenvalue weighted by Crippen LogP contribution is 2.37. The number of nitrogens with zero attached hydrogens (tertiary/aromatic N) is 2. The van der Waals surface area contributed by atoms with Gasteiger partial charge < -0.3 is 19.6 Å². The second kappa shape index (κ2) is 10.4. The second-order valence-electron chi connectivity index (χ2n) is 10.0. The second-order valence-corrected chi connectivity index (χ2v) is 10.0. The van der Waals surface area contributed by atoms with E-state index >= 15 is 0 Å². The summed E-state index contributed by atoms with van der Waals surface area (Å²) in [6.45, 7) is 2.27. The largest absolute Gasteiger partial charge is 0.417 e. The van der Waals surface area contributed by atoms with Gasteiger partial charge in [-0.3, -0.25) is 19.4 Å². The molecule has 0 bridgehead atoms. The number of pyridine rings is 1. The van der Waals surface area contributed by atoms with Gasteiger partial charge in [0.2, 0.25) is 5.60 Å². The maximum Gasteiger partial charge on any atom is 0.313 e. The molecular formula is C29H28FN3O6. The van der Waals surface area contributed by atoms with Gasteiger partial charge in [-0.25, -0.2) is 4.39 Å². The van der Waals surface area contributed by atoms with Crippen LogP contribution < -0.4 is 5.32 Å². The number of halogens is 1. The molecule has 1 fully saturated rings. The average Bonchev–Trinajstić information content (AvgIpc) is 3.51. The molecule has 3 heterocycles. The number of cyclic esters (lactones) is 1. The lowest BCUT2D eigenvalue weighted by atomic mass is 9.83. The van der Waals surface area contributed by atoms with Gasteiger partial charge in [0.25, 0.3) is 5.91 Å². The molecule has 2 aliphatic rings. The zero-order chi connectivity index (χ0) is 27.6. The Morgan fingerprint density at radius 1 is 1.13 bits per heavy atom. The van der Waals surface area contributed by atoms with E-state index in [1.807, 2.05) is 30.3 Å². The van der Waals surface area contributed by atoms with Crippen LogP contribution in [0.15, 0.2) is 72.0 Å². The molecule has 0 spiro atoms. The van der Waals surface area contributed by atoms with Crippen molar-refractivity contribution in [1.29, 1.82) is 0 Å². The van der Waals surface area contributed by atoms with Crippen LogP contribution in [0.4, 0.5) is 4.39 Å². The Hall–Kier alpha value is -4.34. The van der Waals surface area contributed by atoms with Crippen LogP contribution in [0.2, 0.25) is 0 Å². The van der Waals surface area contributed by atoms with E-state index in [0.29, 0.717) is 17.0 Å². The number of oxime groups is 1. The molecule has 202 valence electrons. The van der Waals surface area contributed by atoms with Crippen molar-refractivity contribution in [2.24, 2.45) is 11.1 Å². The zero-order valence-electron chi connectivity index (χ0n) is 21.6. The smallest absolute Gasteiger partial charge is 0.313 e. The number of carbonyl (C=O) groups is 3. The SMILES string of the molecule is CC(C)[C@@]1(C(=O)N[C@H]2CC(=O)O[C@@]2(CF)OC(=O)Cc2ccccc2)CC(c2nccc3ccccc23)=NO1. The fourth-order valence-electron chi connectivity index (χ4n) is 4.92. The molecule has 1 amide bonds. The van der Waals surface area contributed by atoms with Gasteiger partial charge in [0.05, 0.1) is 18.5 Å². The molecule has 1 aromatic heterocycles. The summed E-state index contributed by atoms with van der Waals surface area (Å²) in [4.78, 5) is 48.9. The number of alkyl halides is 1. The van der Waals surface area contributed by atoms with E-state index in [1.165, 1.54) is 0 Å². The lowest BCUT2D eigenvalue weighted by molar-refractivity contribution is -0.225. The van der Waals surface area contributed by atoms with Gasteiger partial charge >= 0.3 is 17.7 Å². The van der Waals surface area contributed by atoms with Crippen LogP contribution in [0, 0.1) is 5.92 Å². The molecule has 5 rings (SSSR count). The van der Waals surface area contributed by atoms with Crippen molar-refractivity contribution >= 4 is 34.3 Å². The third-order valence-corrected chi connectivity index (χ3v) is 7.17. The van der Waals surface area contributed by atoms with E-state index in [2.05, 4.69) is 15.5 Å². The molecule has 3 atom stereocenters. The van der Waals surface area contributed by atoms with Crippen molar-refractivity contribution in [2.45, 2.75) is 50.5 Å². The third-order valence-electron chi connectivity index (χ3n) is 7.17. The van der Waals surface area contributed by atoms with Gasteiger partial charge in [-0.2, -0.15) is 0 Å². The first-order valence-corrected chi connectivity index (χ1v) is 12.7. The van der Waals surface area contributed by atoms with Gasteiger partial charge in [0.1, 0.15) is 11.8 Å². The van der Waals surface area contributed by atoms with Crippen LogP contribution in [-0.2, 0) is 35.1 Å². The summed E-state index contributed by atoms with van der Waals surface area (Å²) >= 11 is 0. The van der Waals surface area contributed by atoms with Gasteiger partial charge in [-0.05, 0) is 17.0 Å². The van der Waals surface area contributed by atoms with Crippen LogP contribution >= 0.6 is 0 Å². The molecular weight excluding hydrogens is 505 g/mol. The number of rotatable bonds is 8. The van der Waals surface area contributed by atoms with Crippen molar-refractivity contribution in [3.8, 4) is 0 Å². The zero-order valence-corrected chi connectivity index (χ0v) is 21.6. The number of aromatic nitrogens is 1. The highest BCUT2D eigenvalue weighted by Gasteiger charge is 2.57. The molecule has 9 nitrogen and oxygen atoms in total. The monoisotopic (exact) mass is 533 g/mol. The molecule has 1 N–H and O–H groups in total. The van der Waals surface area contributed by atoms with E-state index in [4.69, 9.17) is 14.3 Å². The molecule has 39 heavy (non-hydrogen) atoms. The lowest BCUT2D eigenvalue weighted by Crippen LogP contribution is -2.60. The minimum Gasteiger partial charge on any atom is -0.417 e. The quantitative estimate of drug-likeness (QED) is 0.440. The number of fused-ring (bicyclic) bond motifs is 1. The summed E-state index contributed by atoms with van der Waals surface area (Å²) in [7, 11) is 0. The van der Waals surface area contributed by atoms with Crippen LogP contribution in [-0.4, -0.2) is 52.6 Å². The van der Waals surface area contributed by atoms with Crippen LogP contribution in [0.25, 0.3) is 10.8 Å². The fraction of sp³-hybridized carbons (Fsp3) is 0.345. The maximum absolute atomic E-state index is 14.4. The Kier molecular flexibility index (Phi) is 7.03. The molecule has 0 radical (unpaired) electrons. The molecule has 10 heteroatoms. The van der Waals surface area contributed by atoms with Gasteiger partial charge in [-0.1, -0.05) is 73.6 Å². The first kappa shape index (κ1) is 26.3. The Labute approximate surface area is 224 Å². The van der Waals surface area contributed by atoms with Gasteiger partial charge in [0.15, 0.2) is 6.67 Å². The number of esters is 2. The number of benzene rings is 2. The van der Waals surface area contributed by atoms with Gasteiger partial charge in [0, 0.05) is 23.9 Å². The first-order valence-electron chi connectivity index (χ1n) is 12.7. The highest BCUT2D eigenvalue weighted by molar-refractivity contribution is 6.11. The first-order chi connectivity index (χ1) is 18.8. The van der Waals surface area contributed by atoms with E-state index in [0.717, 1.165) is 10.8 Å². The summed E-state index contributed by atoms with van der Waals surface area (Å²) in [6.07, 6.45) is 1.22. The summed E-state index contributed by atoms with van der Waals surface area (Å²) < 4.78 is 25.0. The number of carbonyl (C=O) groups excluding carboxylic acids is 3. The Balaban J connectivity index is 1.36. The molecule has 0 unspecified atom stereocenters. The minimum absolute atomic E-state index is 0.0927. The number of hydrogen-bond donors (Lipinski definition) is 1. The Bertz CT molecular complexity index is 1440. The van der Waals surface area contributed by atoms with Crippen LogP contribution in [0.5, 0.6) is 0 Å². The van der Waals surface area contributed by atoms with Crippen molar-refractivity contribution in [3.05, 3.63) is 78.1 Å². The summed E-state index contributed by atoms with van der Waals surface area (Å²) in [5.41, 5.74) is 0.262. The maximum atomic E-state index is 14.4. The minimum atomic E-state index is -2.28. The Morgan fingerprint density at radius 2 is 1.87 bits per heavy atom. The number of amides is 1. The van der Waals surface area contributed by atoms with E-state index in [9.17, 15) is 18.8 Å².